The number of unbranched alkanes of at least 4 members (excludes halogenated alkanes) is 1. The van der Waals surface area contributed by atoms with Crippen LogP contribution in [0.2, 0.25) is 0 Å². The molecule has 2 atom stereocenters. The van der Waals surface area contributed by atoms with Gasteiger partial charge in [0, 0.05) is 12.3 Å². The maximum atomic E-state index is 12.8. The molecule has 1 saturated heterocycles. The summed E-state index contributed by atoms with van der Waals surface area (Å²) in [5.74, 6) is 1.69. The second kappa shape index (κ2) is 13.6. The van der Waals surface area contributed by atoms with Crippen LogP contribution < -0.4 is 10.1 Å². The molecule has 4 rings (SSSR count). The van der Waals surface area contributed by atoms with Crippen LogP contribution in [0.25, 0.3) is 5.31 Å². The predicted octanol–water partition coefficient (Wildman–Crippen LogP) is 6.48. The van der Waals surface area contributed by atoms with Crippen molar-refractivity contribution in [2.45, 2.75) is 66.1 Å². The highest BCUT2D eigenvalue weighted by atomic mass is 31.1. The van der Waals surface area contributed by atoms with Crippen LogP contribution in [-0.4, -0.2) is 36.8 Å². The zero-order chi connectivity index (χ0) is 23.5. The Morgan fingerprint density at radius 2 is 1.84 bits per heavy atom. The van der Waals surface area contributed by atoms with Gasteiger partial charge >= 0.3 is 0 Å². The molecule has 0 spiro atoms. The number of nitrogens with one attached hydrogen (secondary N) is 1. The molecule has 0 aromatic heterocycles. The molecule has 0 saturated carbocycles. The minimum atomic E-state index is 0.0907. The molecule has 1 N–H and O–H groups in total. The quantitative estimate of drug-likeness (QED) is 0.528. The predicted molar refractivity (Wildman–Crippen MR) is 139 cm³/mol. The summed E-state index contributed by atoms with van der Waals surface area (Å²) in [6.45, 7) is 12.5. The number of ether oxygens (including phenoxy) is 1. The first-order valence-electron chi connectivity index (χ1n) is 12.1. The van der Waals surface area contributed by atoms with Crippen molar-refractivity contribution < 1.29 is 9.53 Å². The highest BCUT2D eigenvalue weighted by molar-refractivity contribution is 7.51. The minimum absolute atomic E-state index is 0.0907. The van der Waals surface area contributed by atoms with Crippen LogP contribution in [0.3, 0.4) is 0 Å². The number of rotatable bonds is 4. The van der Waals surface area contributed by atoms with E-state index in [2.05, 4.69) is 49.6 Å². The van der Waals surface area contributed by atoms with Crippen molar-refractivity contribution in [3.05, 3.63) is 59.3 Å². The highest BCUT2D eigenvalue weighted by Gasteiger charge is 2.30. The van der Waals surface area contributed by atoms with E-state index in [1.807, 2.05) is 37.8 Å². The topological polar surface area (TPSA) is 41.6 Å². The van der Waals surface area contributed by atoms with Crippen LogP contribution in [0.5, 0.6) is 5.75 Å². The number of amides is 1. The number of carbonyl (C=O) groups excluding carboxylic acids is 1. The second-order valence-corrected chi connectivity index (χ2v) is 9.51. The number of aryl methyl sites for hydroxylation is 1. The largest absolute Gasteiger partial charge is 0.496 e. The van der Waals surface area contributed by atoms with Crippen LogP contribution in [-0.2, 0) is 4.79 Å². The third kappa shape index (κ3) is 6.80. The first-order chi connectivity index (χ1) is 15.6. The summed E-state index contributed by atoms with van der Waals surface area (Å²) in [4.78, 5) is 14.7. The number of benzene rings is 1. The van der Waals surface area contributed by atoms with Crippen molar-refractivity contribution in [2.75, 3.05) is 20.2 Å². The number of fused-ring (bicyclic) bond motifs is 1. The highest BCUT2D eigenvalue weighted by Crippen LogP contribution is 2.45. The molecule has 1 amide bonds. The van der Waals surface area contributed by atoms with Gasteiger partial charge in [0.15, 0.2) is 0 Å². The Hall–Kier alpha value is -1.90. The van der Waals surface area contributed by atoms with Crippen molar-refractivity contribution in [1.29, 1.82) is 0 Å². The standard InChI is InChI=1S/C21H25N2O2P.C4H10.C2H6/c1-14-11-16(3-5-18(14)25-2)19-12-20(24)23-13-17(4-6-21(23)26-19)15-7-9-22-10-8-15;1-3-4-2;1-2/h3-6,11-13,15,21-22,26H,7-10H2,1-2H3;3-4H2,1-2H3;1-2H3. The lowest BCUT2D eigenvalue weighted by Crippen LogP contribution is -2.37. The van der Waals surface area contributed by atoms with Gasteiger partial charge in [0.2, 0.25) is 0 Å². The van der Waals surface area contributed by atoms with E-state index < -0.39 is 0 Å². The van der Waals surface area contributed by atoms with Gasteiger partial charge in [-0.1, -0.05) is 67.3 Å². The maximum absolute atomic E-state index is 12.8. The van der Waals surface area contributed by atoms with E-state index >= 15 is 0 Å². The van der Waals surface area contributed by atoms with E-state index in [0.717, 1.165) is 48.1 Å². The fourth-order valence-corrected chi connectivity index (χ4v) is 5.29. The molecule has 32 heavy (non-hydrogen) atoms. The third-order valence-corrected chi connectivity index (χ3v) is 7.41. The van der Waals surface area contributed by atoms with Gasteiger partial charge in [-0.05, 0) is 72.9 Å². The smallest absolute Gasteiger partial charge is 0.252 e. The van der Waals surface area contributed by atoms with E-state index in [4.69, 9.17) is 4.74 Å². The number of carbonyl (C=O) groups is 1. The molecular formula is C27H41N2O2P. The molecule has 176 valence electrons. The number of methoxy groups -OCH3 is 1. The number of allylic oxidation sites excluding steroid dienone is 2. The zero-order valence-electron chi connectivity index (χ0n) is 20.7. The number of nitrogens with zero attached hydrogens (tertiary/aromatic N) is 1. The van der Waals surface area contributed by atoms with Crippen LogP contribution in [0.1, 0.15) is 64.5 Å². The third-order valence-electron chi connectivity index (χ3n) is 5.90. The Morgan fingerprint density at radius 3 is 2.44 bits per heavy atom. The summed E-state index contributed by atoms with van der Waals surface area (Å²) in [7, 11) is 2.24. The van der Waals surface area contributed by atoms with Gasteiger partial charge in [0.25, 0.3) is 5.91 Å². The van der Waals surface area contributed by atoms with E-state index in [1.54, 1.807) is 7.11 Å². The molecular weight excluding hydrogens is 415 g/mol. The average molecular weight is 457 g/mol. The molecule has 5 heteroatoms. The molecule has 3 heterocycles. The Balaban J connectivity index is 0.000000547. The molecule has 1 aromatic carbocycles. The first kappa shape index (κ1) is 26.4. The van der Waals surface area contributed by atoms with Gasteiger partial charge in [-0.3, -0.25) is 4.79 Å². The first-order valence-corrected chi connectivity index (χ1v) is 13.2. The van der Waals surface area contributed by atoms with Gasteiger partial charge < -0.3 is 15.0 Å². The molecule has 0 aliphatic carbocycles. The van der Waals surface area contributed by atoms with Crippen molar-refractivity contribution in [3.8, 4) is 5.75 Å². The zero-order valence-corrected chi connectivity index (χ0v) is 21.7. The summed E-state index contributed by atoms with van der Waals surface area (Å²) < 4.78 is 5.35. The Morgan fingerprint density at radius 1 is 1.16 bits per heavy atom. The molecule has 3 aliphatic heterocycles. The van der Waals surface area contributed by atoms with Crippen molar-refractivity contribution in [1.82, 2.24) is 10.2 Å². The lowest BCUT2D eigenvalue weighted by atomic mass is 9.89. The van der Waals surface area contributed by atoms with Gasteiger partial charge in [0.05, 0.1) is 12.9 Å². The van der Waals surface area contributed by atoms with Crippen molar-refractivity contribution in [2.24, 2.45) is 5.92 Å². The Labute approximate surface area is 197 Å². The molecule has 4 nitrogen and oxygen atoms in total. The SMILES string of the molecule is CC.CCCC.COc1ccc(C2=CC(=O)N3C=C(C4CCNCC4)C=CC3P2)cc1C. The number of hydrogen-bond acceptors (Lipinski definition) is 3. The molecule has 1 aromatic rings. The van der Waals surface area contributed by atoms with Gasteiger partial charge in [0.1, 0.15) is 5.75 Å². The summed E-state index contributed by atoms with van der Waals surface area (Å²) in [6, 6.07) is 6.15. The maximum Gasteiger partial charge on any atom is 0.252 e. The monoisotopic (exact) mass is 456 g/mol. The van der Waals surface area contributed by atoms with Crippen LogP contribution >= 0.6 is 8.58 Å². The second-order valence-electron chi connectivity index (χ2n) is 8.09. The number of hydrogen-bond donors (Lipinski definition) is 1. The van der Waals surface area contributed by atoms with Crippen molar-refractivity contribution in [3.63, 3.8) is 0 Å². The summed E-state index contributed by atoms with van der Waals surface area (Å²) in [6.07, 6.45) is 13.3. The van der Waals surface area contributed by atoms with E-state index in [9.17, 15) is 4.79 Å². The van der Waals surface area contributed by atoms with Crippen molar-refractivity contribution >= 4 is 19.8 Å². The Bertz CT molecular complexity index is 836. The van der Waals surface area contributed by atoms with Gasteiger partial charge in [-0.25, -0.2) is 0 Å². The van der Waals surface area contributed by atoms with Crippen LogP contribution in [0.15, 0.2) is 48.2 Å². The van der Waals surface area contributed by atoms with Crippen LogP contribution in [0.4, 0.5) is 0 Å². The van der Waals surface area contributed by atoms with E-state index in [-0.39, 0.29) is 11.7 Å². The summed E-state index contributed by atoms with van der Waals surface area (Å²) in [5, 5.41) is 4.54. The van der Waals surface area contributed by atoms with E-state index in [1.165, 1.54) is 18.4 Å². The summed E-state index contributed by atoms with van der Waals surface area (Å²) >= 11 is 0. The molecule has 3 aliphatic rings. The van der Waals surface area contributed by atoms with Gasteiger partial charge in [-0.15, -0.1) is 0 Å². The molecule has 0 bridgehead atoms. The molecule has 1 fully saturated rings. The molecule has 0 radical (unpaired) electrons. The van der Waals surface area contributed by atoms with Gasteiger partial charge in [-0.2, -0.15) is 0 Å². The normalized spacial score (nSPS) is 20.9. The lowest BCUT2D eigenvalue weighted by molar-refractivity contribution is -0.123. The minimum Gasteiger partial charge on any atom is -0.496 e. The fourth-order valence-electron chi connectivity index (χ4n) is 3.91. The van der Waals surface area contributed by atoms with E-state index in [0.29, 0.717) is 14.5 Å². The average Bonchev–Trinajstić information content (AvgIpc) is 2.85. The number of piperidine rings is 1. The lowest BCUT2D eigenvalue weighted by Gasteiger charge is -2.36. The van der Waals surface area contributed by atoms with Crippen LogP contribution in [0, 0.1) is 12.8 Å². The fraction of sp³-hybridized carbons (Fsp3) is 0.519. The molecule has 2 unspecified atom stereocenters. The Kier molecular flexibility index (Phi) is 11.2. The summed E-state index contributed by atoms with van der Waals surface area (Å²) in [5.41, 5.74) is 3.52.